The van der Waals surface area contributed by atoms with Gasteiger partial charge in [-0.2, -0.15) is 5.26 Å². The quantitative estimate of drug-likeness (QED) is 0.912. The molecule has 3 nitrogen and oxygen atoms in total. The lowest BCUT2D eigenvalue weighted by molar-refractivity contribution is 0.465. The van der Waals surface area contributed by atoms with Crippen LogP contribution in [0.15, 0.2) is 36.5 Å². The summed E-state index contributed by atoms with van der Waals surface area (Å²) in [7, 11) is 0. The number of hydrogen-bond donors (Lipinski definition) is 1. The lowest BCUT2D eigenvalue weighted by atomic mass is 10.0. The molecule has 1 saturated carbocycles. The van der Waals surface area contributed by atoms with Gasteiger partial charge in [0.05, 0.1) is 17.5 Å². The van der Waals surface area contributed by atoms with Crippen molar-refractivity contribution in [2.24, 2.45) is 5.92 Å². The van der Waals surface area contributed by atoms with Gasteiger partial charge >= 0.3 is 0 Å². The van der Waals surface area contributed by atoms with Gasteiger partial charge in [0, 0.05) is 24.2 Å². The SMILES string of the molecule is N#CC1CCCC1NCc1ccnc2ccccc12. The van der Waals surface area contributed by atoms with Crippen molar-refractivity contribution in [3.8, 4) is 6.07 Å². The zero-order valence-electron chi connectivity index (χ0n) is 10.8. The van der Waals surface area contributed by atoms with Crippen LogP contribution >= 0.6 is 0 Å². The number of aromatic nitrogens is 1. The van der Waals surface area contributed by atoms with Gasteiger partial charge in [-0.1, -0.05) is 24.6 Å². The Labute approximate surface area is 113 Å². The van der Waals surface area contributed by atoms with Gasteiger partial charge in [-0.25, -0.2) is 0 Å². The first-order chi connectivity index (χ1) is 9.38. The number of benzene rings is 1. The van der Waals surface area contributed by atoms with E-state index in [-0.39, 0.29) is 5.92 Å². The molecular weight excluding hydrogens is 234 g/mol. The number of nitrogens with one attached hydrogen (secondary N) is 1. The second-order valence-electron chi connectivity index (χ2n) is 5.14. The highest BCUT2D eigenvalue weighted by Gasteiger charge is 2.26. The van der Waals surface area contributed by atoms with Gasteiger partial charge in [-0.05, 0) is 30.5 Å². The maximum atomic E-state index is 9.11. The van der Waals surface area contributed by atoms with E-state index in [1.54, 1.807) is 0 Å². The predicted octanol–water partition coefficient (Wildman–Crippen LogP) is 3.02. The van der Waals surface area contributed by atoms with Crippen LogP contribution in [0.1, 0.15) is 24.8 Å². The molecule has 2 unspecified atom stereocenters. The molecule has 1 fully saturated rings. The number of hydrogen-bond acceptors (Lipinski definition) is 3. The first-order valence-electron chi connectivity index (χ1n) is 6.84. The molecule has 19 heavy (non-hydrogen) atoms. The lowest BCUT2D eigenvalue weighted by Gasteiger charge is -2.16. The Morgan fingerprint density at radius 1 is 1.26 bits per heavy atom. The summed E-state index contributed by atoms with van der Waals surface area (Å²) in [5, 5.41) is 13.8. The Hall–Kier alpha value is -1.92. The Morgan fingerprint density at radius 3 is 3.05 bits per heavy atom. The van der Waals surface area contributed by atoms with Crippen molar-refractivity contribution in [3.05, 3.63) is 42.1 Å². The molecule has 3 rings (SSSR count). The first-order valence-corrected chi connectivity index (χ1v) is 6.84. The molecule has 2 atom stereocenters. The van der Waals surface area contributed by atoms with Crippen molar-refractivity contribution in [1.29, 1.82) is 5.26 Å². The van der Waals surface area contributed by atoms with Gasteiger partial charge < -0.3 is 5.32 Å². The average molecular weight is 251 g/mol. The zero-order chi connectivity index (χ0) is 13.1. The van der Waals surface area contributed by atoms with Crippen LogP contribution in [0.25, 0.3) is 10.9 Å². The number of nitrogens with zero attached hydrogens (tertiary/aromatic N) is 2. The van der Waals surface area contributed by atoms with E-state index in [9.17, 15) is 0 Å². The second-order valence-corrected chi connectivity index (χ2v) is 5.14. The maximum Gasteiger partial charge on any atom is 0.0705 e. The summed E-state index contributed by atoms with van der Waals surface area (Å²) in [6, 6.07) is 13.0. The van der Waals surface area contributed by atoms with Crippen LogP contribution in [0.2, 0.25) is 0 Å². The minimum absolute atomic E-state index is 0.174. The highest BCUT2D eigenvalue weighted by atomic mass is 14.9. The Balaban J connectivity index is 1.77. The van der Waals surface area contributed by atoms with E-state index in [1.165, 1.54) is 10.9 Å². The van der Waals surface area contributed by atoms with E-state index in [0.29, 0.717) is 6.04 Å². The summed E-state index contributed by atoms with van der Waals surface area (Å²) in [4.78, 5) is 4.37. The average Bonchev–Trinajstić information content (AvgIpc) is 2.92. The minimum atomic E-state index is 0.174. The van der Waals surface area contributed by atoms with Crippen LogP contribution in [-0.4, -0.2) is 11.0 Å². The van der Waals surface area contributed by atoms with Crippen LogP contribution in [0.4, 0.5) is 0 Å². The fourth-order valence-electron chi connectivity index (χ4n) is 2.91. The number of nitriles is 1. The fraction of sp³-hybridized carbons (Fsp3) is 0.375. The molecule has 2 aromatic rings. The molecule has 1 aromatic carbocycles. The molecule has 0 bridgehead atoms. The van der Waals surface area contributed by atoms with Crippen LogP contribution < -0.4 is 5.32 Å². The molecule has 1 aliphatic rings. The third-order valence-electron chi connectivity index (χ3n) is 3.98. The van der Waals surface area contributed by atoms with Crippen molar-refractivity contribution >= 4 is 10.9 Å². The number of pyridine rings is 1. The van der Waals surface area contributed by atoms with Crippen molar-refractivity contribution < 1.29 is 0 Å². The largest absolute Gasteiger partial charge is 0.309 e. The van der Waals surface area contributed by atoms with Crippen molar-refractivity contribution in [1.82, 2.24) is 10.3 Å². The molecule has 0 radical (unpaired) electrons. The molecule has 3 heteroatoms. The van der Waals surface area contributed by atoms with E-state index in [4.69, 9.17) is 5.26 Å². The van der Waals surface area contributed by atoms with Crippen LogP contribution in [0, 0.1) is 17.2 Å². The molecule has 0 aliphatic heterocycles. The first kappa shape index (κ1) is 12.1. The summed E-state index contributed by atoms with van der Waals surface area (Å²) in [5.74, 6) is 0.174. The van der Waals surface area contributed by atoms with E-state index in [1.807, 2.05) is 24.4 Å². The van der Waals surface area contributed by atoms with Gasteiger partial charge in [-0.3, -0.25) is 4.98 Å². The molecule has 1 aliphatic carbocycles. The Kier molecular flexibility index (Phi) is 3.43. The topological polar surface area (TPSA) is 48.7 Å². The number of para-hydroxylation sites is 1. The summed E-state index contributed by atoms with van der Waals surface area (Å²) < 4.78 is 0. The second kappa shape index (κ2) is 5.38. The Morgan fingerprint density at radius 2 is 2.16 bits per heavy atom. The highest BCUT2D eigenvalue weighted by Crippen LogP contribution is 2.25. The van der Waals surface area contributed by atoms with E-state index in [2.05, 4.69) is 28.5 Å². The van der Waals surface area contributed by atoms with E-state index >= 15 is 0 Å². The molecular formula is C16H17N3. The van der Waals surface area contributed by atoms with Gasteiger partial charge in [0.1, 0.15) is 0 Å². The van der Waals surface area contributed by atoms with Gasteiger partial charge in [0.25, 0.3) is 0 Å². The van der Waals surface area contributed by atoms with Crippen molar-refractivity contribution in [2.75, 3.05) is 0 Å². The van der Waals surface area contributed by atoms with Crippen LogP contribution in [-0.2, 0) is 6.54 Å². The van der Waals surface area contributed by atoms with Crippen molar-refractivity contribution in [3.63, 3.8) is 0 Å². The normalized spacial score (nSPS) is 22.5. The molecule has 0 amide bonds. The third kappa shape index (κ3) is 2.45. The summed E-state index contributed by atoms with van der Waals surface area (Å²) >= 11 is 0. The van der Waals surface area contributed by atoms with Crippen LogP contribution in [0.5, 0.6) is 0 Å². The lowest BCUT2D eigenvalue weighted by Crippen LogP contribution is -2.31. The Bertz CT molecular complexity index is 609. The van der Waals surface area contributed by atoms with Gasteiger partial charge in [0.15, 0.2) is 0 Å². The summed E-state index contributed by atoms with van der Waals surface area (Å²) in [6.07, 6.45) is 5.16. The number of fused-ring (bicyclic) bond motifs is 1. The maximum absolute atomic E-state index is 9.11. The summed E-state index contributed by atoms with van der Waals surface area (Å²) in [5.41, 5.74) is 2.29. The summed E-state index contributed by atoms with van der Waals surface area (Å²) in [6.45, 7) is 0.811. The minimum Gasteiger partial charge on any atom is -0.309 e. The number of rotatable bonds is 3. The van der Waals surface area contributed by atoms with Crippen molar-refractivity contribution in [2.45, 2.75) is 31.8 Å². The fourth-order valence-corrected chi connectivity index (χ4v) is 2.91. The predicted molar refractivity (Wildman–Crippen MR) is 75.3 cm³/mol. The molecule has 1 aromatic heterocycles. The molecule has 96 valence electrons. The van der Waals surface area contributed by atoms with Crippen LogP contribution in [0.3, 0.4) is 0 Å². The van der Waals surface area contributed by atoms with E-state index < -0.39 is 0 Å². The molecule has 1 heterocycles. The molecule has 1 N–H and O–H groups in total. The van der Waals surface area contributed by atoms with Gasteiger partial charge in [0.2, 0.25) is 0 Å². The molecule has 0 saturated heterocycles. The zero-order valence-corrected chi connectivity index (χ0v) is 10.8. The smallest absolute Gasteiger partial charge is 0.0705 e. The molecule has 0 spiro atoms. The monoisotopic (exact) mass is 251 g/mol. The standard InChI is InChI=1S/C16H17N3/c17-10-12-4-3-7-15(12)19-11-13-8-9-18-16-6-2-1-5-14(13)16/h1-2,5-6,8-9,12,15,19H,3-4,7,11H2. The van der Waals surface area contributed by atoms with Gasteiger partial charge in [-0.15, -0.1) is 0 Å². The highest BCUT2D eigenvalue weighted by molar-refractivity contribution is 5.81. The third-order valence-corrected chi connectivity index (χ3v) is 3.98. The van der Waals surface area contributed by atoms with E-state index in [0.717, 1.165) is 31.3 Å².